The summed E-state index contributed by atoms with van der Waals surface area (Å²) < 4.78 is 15.1. The van der Waals surface area contributed by atoms with Crippen LogP contribution in [0.2, 0.25) is 0 Å². The van der Waals surface area contributed by atoms with Crippen LogP contribution in [0.5, 0.6) is 0 Å². The molecule has 1 amide bonds. The Labute approximate surface area is 143 Å². The Bertz CT molecular complexity index is 878. The number of fused-ring (bicyclic) bond motifs is 1. The van der Waals surface area contributed by atoms with Gasteiger partial charge in [-0.05, 0) is 23.8 Å². The summed E-state index contributed by atoms with van der Waals surface area (Å²) in [6.07, 6.45) is 3.46. The average molecular weight is 340 g/mol. The molecule has 1 saturated heterocycles. The fourth-order valence-corrected chi connectivity index (χ4v) is 3.10. The minimum Gasteiger partial charge on any atom is -0.333 e. The van der Waals surface area contributed by atoms with Gasteiger partial charge in [0.1, 0.15) is 5.82 Å². The number of piperazine rings is 1. The number of halogens is 1. The number of aromatic nitrogens is 4. The number of hydrogen-bond donors (Lipinski definition) is 1. The monoisotopic (exact) mass is 340 g/mol. The van der Waals surface area contributed by atoms with Crippen molar-refractivity contribution in [2.45, 2.75) is 12.5 Å². The maximum Gasteiger partial charge on any atom is 0.252 e. The second-order valence-corrected chi connectivity index (χ2v) is 5.93. The lowest BCUT2D eigenvalue weighted by Crippen LogP contribution is -2.49. The second kappa shape index (κ2) is 6.56. The van der Waals surface area contributed by atoms with Crippen molar-refractivity contribution in [1.29, 1.82) is 0 Å². The standard InChI is InChI=1S/C17H17FN6O/c18-13-4-1-3-12(9-13)14-11-19-6-8-23(14)16(25)10-15-21-17-20-5-2-7-24(17)22-15/h1-5,7,9,14,19H,6,8,10-11H2. The highest BCUT2D eigenvalue weighted by atomic mass is 19.1. The number of carbonyl (C=O) groups is 1. The van der Waals surface area contributed by atoms with Crippen molar-refractivity contribution < 1.29 is 9.18 Å². The molecule has 1 fully saturated rings. The smallest absolute Gasteiger partial charge is 0.252 e. The molecule has 1 aliphatic rings. The lowest BCUT2D eigenvalue weighted by atomic mass is 10.0. The van der Waals surface area contributed by atoms with Gasteiger partial charge in [-0.2, -0.15) is 4.98 Å². The van der Waals surface area contributed by atoms with Crippen molar-refractivity contribution >= 4 is 11.7 Å². The van der Waals surface area contributed by atoms with E-state index in [-0.39, 0.29) is 24.2 Å². The molecule has 0 bridgehead atoms. The van der Waals surface area contributed by atoms with E-state index in [2.05, 4.69) is 20.4 Å². The van der Waals surface area contributed by atoms with Crippen LogP contribution in [-0.4, -0.2) is 50.0 Å². The summed E-state index contributed by atoms with van der Waals surface area (Å²) in [5, 5.41) is 7.54. The number of amides is 1. The highest BCUT2D eigenvalue weighted by Gasteiger charge is 2.28. The van der Waals surface area contributed by atoms with E-state index >= 15 is 0 Å². The summed E-state index contributed by atoms with van der Waals surface area (Å²) >= 11 is 0. The van der Waals surface area contributed by atoms with Gasteiger partial charge in [0, 0.05) is 32.0 Å². The van der Waals surface area contributed by atoms with Crippen LogP contribution in [0.1, 0.15) is 17.4 Å². The van der Waals surface area contributed by atoms with Gasteiger partial charge in [0.25, 0.3) is 5.78 Å². The van der Waals surface area contributed by atoms with Crippen LogP contribution in [-0.2, 0) is 11.2 Å². The van der Waals surface area contributed by atoms with Gasteiger partial charge in [-0.25, -0.2) is 13.9 Å². The largest absolute Gasteiger partial charge is 0.333 e. The Balaban J connectivity index is 1.56. The summed E-state index contributed by atoms with van der Waals surface area (Å²) in [5.74, 6) is 0.516. The number of nitrogens with zero attached hydrogens (tertiary/aromatic N) is 5. The molecule has 1 N–H and O–H groups in total. The molecule has 25 heavy (non-hydrogen) atoms. The highest BCUT2D eigenvalue weighted by molar-refractivity contribution is 5.78. The molecule has 4 rings (SSSR count). The molecule has 3 aromatic rings. The molecule has 0 aliphatic carbocycles. The van der Waals surface area contributed by atoms with Gasteiger partial charge in [-0.1, -0.05) is 12.1 Å². The first-order valence-electron chi connectivity index (χ1n) is 8.12. The van der Waals surface area contributed by atoms with Crippen LogP contribution in [0.15, 0.2) is 42.7 Å². The van der Waals surface area contributed by atoms with Gasteiger partial charge in [-0.3, -0.25) is 4.79 Å². The van der Waals surface area contributed by atoms with Gasteiger partial charge in [0.05, 0.1) is 12.5 Å². The number of rotatable bonds is 3. The molecular formula is C17H17FN6O. The Kier molecular flexibility index (Phi) is 4.10. The van der Waals surface area contributed by atoms with Gasteiger partial charge in [0.15, 0.2) is 5.82 Å². The maximum atomic E-state index is 13.6. The van der Waals surface area contributed by atoms with Crippen molar-refractivity contribution in [1.82, 2.24) is 29.8 Å². The minimum atomic E-state index is -0.302. The molecule has 7 nitrogen and oxygen atoms in total. The topological polar surface area (TPSA) is 75.4 Å². The lowest BCUT2D eigenvalue weighted by molar-refractivity contribution is -0.133. The molecule has 0 saturated carbocycles. The average Bonchev–Trinajstić information content (AvgIpc) is 3.04. The van der Waals surface area contributed by atoms with E-state index in [4.69, 9.17) is 0 Å². The number of nitrogens with one attached hydrogen (secondary N) is 1. The summed E-state index contributed by atoms with van der Waals surface area (Å²) in [5.41, 5.74) is 0.783. The van der Waals surface area contributed by atoms with E-state index < -0.39 is 0 Å². The third-order valence-electron chi connectivity index (χ3n) is 4.27. The number of benzene rings is 1. The zero-order valence-corrected chi connectivity index (χ0v) is 13.5. The Morgan fingerprint density at radius 2 is 2.28 bits per heavy atom. The van der Waals surface area contributed by atoms with Crippen LogP contribution in [0.3, 0.4) is 0 Å². The third-order valence-corrected chi connectivity index (χ3v) is 4.27. The van der Waals surface area contributed by atoms with Gasteiger partial charge >= 0.3 is 0 Å². The lowest BCUT2D eigenvalue weighted by Gasteiger charge is -2.36. The first-order valence-corrected chi connectivity index (χ1v) is 8.12. The van der Waals surface area contributed by atoms with Gasteiger partial charge < -0.3 is 10.2 Å². The van der Waals surface area contributed by atoms with E-state index in [1.807, 2.05) is 6.07 Å². The van der Waals surface area contributed by atoms with Gasteiger partial charge in [0.2, 0.25) is 5.91 Å². The van der Waals surface area contributed by atoms with E-state index in [1.165, 1.54) is 12.1 Å². The SMILES string of the molecule is O=C(Cc1nc2ncccn2n1)N1CCNCC1c1cccc(F)c1. The molecule has 0 spiro atoms. The fraction of sp³-hybridized carbons (Fsp3) is 0.294. The third kappa shape index (κ3) is 3.20. The van der Waals surface area contributed by atoms with E-state index in [0.717, 1.165) is 5.56 Å². The normalized spacial score (nSPS) is 17.8. The molecule has 8 heteroatoms. The predicted octanol–water partition coefficient (Wildman–Crippen LogP) is 0.979. The van der Waals surface area contributed by atoms with Crippen LogP contribution in [0, 0.1) is 5.82 Å². The zero-order valence-electron chi connectivity index (χ0n) is 13.5. The molecule has 3 heterocycles. The van der Waals surface area contributed by atoms with Crippen LogP contribution >= 0.6 is 0 Å². The van der Waals surface area contributed by atoms with Crippen molar-refractivity contribution in [3.05, 3.63) is 59.9 Å². The van der Waals surface area contributed by atoms with Crippen molar-refractivity contribution in [2.75, 3.05) is 19.6 Å². The molecule has 1 atom stereocenters. The number of carbonyl (C=O) groups excluding carboxylic acids is 1. The molecule has 1 unspecified atom stereocenters. The Hall–Kier alpha value is -2.87. The van der Waals surface area contributed by atoms with Crippen molar-refractivity contribution in [2.24, 2.45) is 0 Å². The molecular weight excluding hydrogens is 323 g/mol. The van der Waals surface area contributed by atoms with Crippen LogP contribution in [0.4, 0.5) is 4.39 Å². The highest BCUT2D eigenvalue weighted by Crippen LogP contribution is 2.23. The quantitative estimate of drug-likeness (QED) is 0.769. The molecule has 1 aromatic carbocycles. The van der Waals surface area contributed by atoms with E-state index in [9.17, 15) is 9.18 Å². The first-order chi connectivity index (χ1) is 12.2. The summed E-state index contributed by atoms with van der Waals surface area (Å²) in [6, 6.07) is 7.94. The van der Waals surface area contributed by atoms with E-state index in [1.54, 1.807) is 33.9 Å². The van der Waals surface area contributed by atoms with Crippen LogP contribution < -0.4 is 5.32 Å². The van der Waals surface area contributed by atoms with Crippen LogP contribution in [0.25, 0.3) is 5.78 Å². The Morgan fingerprint density at radius 3 is 3.12 bits per heavy atom. The van der Waals surface area contributed by atoms with Crippen molar-refractivity contribution in [3.63, 3.8) is 0 Å². The van der Waals surface area contributed by atoms with Gasteiger partial charge in [-0.15, -0.1) is 5.10 Å². The van der Waals surface area contributed by atoms with E-state index in [0.29, 0.717) is 31.2 Å². The predicted molar refractivity (Wildman–Crippen MR) is 88.2 cm³/mol. The molecule has 2 aromatic heterocycles. The molecule has 0 radical (unpaired) electrons. The molecule has 128 valence electrons. The summed E-state index contributed by atoms with van der Waals surface area (Å²) in [6.45, 7) is 1.86. The van der Waals surface area contributed by atoms with Crippen molar-refractivity contribution in [3.8, 4) is 0 Å². The molecule has 1 aliphatic heterocycles. The second-order valence-electron chi connectivity index (χ2n) is 5.93. The minimum absolute atomic E-state index is 0.0772. The fourth-order valence-electron chi connectivity index (χ4n) is 3.10. The first kappa shape index (κ1) is 15.6. The number of hydrogen-bond acceptors (Lipinski definition) is 5. The summed E-state index contributed by atoms with van der Waals surface area (Å²) in [4.78, 5) is 23.0. The maximum absolute atomic E-state index is 13.6. The zero-order chi connectivity index (χ0) is 17.2. The summed E-state index contributed by atoms with van der Waals surface area (Å²) in [7, 11) is 0. The Morgan fingerprint density at radius 1 is 1.36 bits per heavy atom.